The van der Waals surface area contributed by atoms with E-state index in [-0.39, 0.29) is 31.1 Å². The molecule has 5 nitrogen and oxygen atoms in total. The minimum absolute atomic E-state index is 0.166. The number of fused-ring (bicyclic) bond motifs is 1. The van der Waals surface area contributed by atoms with E-state index in [0.29, 0.717) is 12.1 Å². The zero-order valence-corrected chi connectivity index (χ0v) is 13.4. The maximum Gasteiger partial charge on any atom is 0.401 e. The number of nitrogens with one attached hydrogen (secondary N) is 3. The smallest absolute Gasteiger partial charge is 0.324 e. The highest BCUT2D eigenvalue weighted by Crippen LogP contribution is 2.31. The van der Waals surface area contributed by atoms with Crippen molar-refractivity contribution in [2.24, 2.45) is 0 Å². The van der Waals surface area contributed by atoms with E-state index in [1.807, 2.05) is 13.0 Å². The third kappa shape index (κ3) is 3.88. The molecule has 2 atom stereocenters. The summed E-state index contributed by atoms with van der Waals surface area (Å²) in [6, 6.07) is 5.24. The largest absolute Gasteiger partial charge is 0.401 e. The number of carbonyl (C=O) groups is 1. The van der Waals surface area contributed by atoms with Crippen LogP contribution < -0.4 is 16.2 Å². The van der Waals surface area contributed by atoms with E-state index < -0.39 is 12.7 Å². The molecule has 3 rings (SSSR count). The van der Waals surface area contributed by atoms with Crippen LogP contribution in [0.1, 0.15) is 30.9 Å². The first-order chi connectivity index (χ1) is 11.4. The topological polar surface area (TPSA) is 56.4 Å². The number of anilines is 1. The summed E-state index contributed by atoms with van der Waals surface area (Å²) in [5, 5.41) is 2.86. The summed E-state index contributed by atoms with van der Waals surface area (Å²) in [5.74, 6) is -0.166. The number of hydrogen-bond acceptors (Lipinski definition) is 4. The molecule has 1 fully saturated rings. The molecule has 0 aromatic heterocycles. The number of rotatable bonds is 4. The zero-order chi connectivity index (χ0) is 17.3. The first kappa shape index (κ1) is 17.2. The monoisotopic (exact) mass is 342 g/mol. The molecule has 0 bridgehead atoms. The van der Waals surface area contributed by atoms with Crippen LogP contribution in [0.5, 0.6) is 0 Å². The van der Waals surface area contributed by atoms with Crippen LogP contribution in [0.4, 0.5) is 18.9 Å². The number of carbonyl (C=O) groups excluding carboxylic acids is 1. The highest BCUT2D eigenvalue weighted by molar-refractivity contribution is 5.95. The van der Waals surface area contributed by atoms with Crippen molar-refractivity contribution in [1.82, 2.24) is 15.8 Å². The van der Waals surface area contributed by atoms with Crippen molar-refractivity contribution >= 4 is 11.6 Å². The minimum Gasteiger partial charge on any atom is -0.324 e. The Morgan fingerprint density at radius 2 is 2.12 bits per heavy atom. The van der Waals surface area contributed by atoms with Gasteiger partial charge in [-0.05, 0) is 30.0 Å². The second-order valence-corrected chi connectivity index (χ2v) is 6.37. The van der Waals surface area contributed by atoms with Gasteiger partial charge in [0.25, 0.3) is 0 Å². The molecule has 3 N–H and O–H groups in total. The van der Waals surface area contributed by atoms with Crippen molar-refractivity contribution in [2.45, 2.75) is 51.1 Å². The van der Waals surface area contributed by atoms with E-state index in [9.17, 15) is 18.0 Å². The van der Waals surface area contributed by atoms with Gasteiger partial charge in [0.05, 0.1) is 6.54 Å². The Bertz CT molecular complexity index is 620. The average molecular weight is 342 g/mol. The summed E-state index contributed by atoms with van der Waals surface area (Å²) in [6.45, 7) is 1.54. The summed E-state index contributed by atoms with van der Waals surface area (Å²) >= 11 is 0. The highest BCUT2D eigenvalue weighted by atomic mass is 19.4. The van der Waals surface area contributed by atoms with E-state index in [1.54, 1.807) is 12.1 Å². The molecule has 2 unspecified atom stereocenters. The number of hydrazine groups is 1. The lowest BCUT2D eigenvalue weighted by atomic mass is 10.1. The van der Waals surface area contributed by atoms with Crippen LogP contribution >= 0.6 is 0 Å². The number of amides is 1. The van der Waals surface area contributed by atoms with Crippen LogP contribution in [-0.4, -0.2) is 35.6 Å². The van der Waals surface area contributed by atoms with Gasteiger partial charge in [0.1, 0.15) is 6.04 Å². The van der Waals surface area contributed by atoms with Crippen LogP contribution in [0.25, 0.3) is 0 Å². The fourth-order valence-corrected chi connectivity index (χ4v) is 3.25. The van der Waals surface area contributed by atoms with Gasteiger partial charge in [0.2, 0.25) is 5.91 Å². The number of halogens is 3. The Morgan fingerprint density at radius 3 is 2.79 bits per heavy atom. The van der Waals surface area contributed by atoms with E-state index in [1.165, 1.54) is 4.90 Å². The molecule has 0 aliphatic carbocycles. The lowest BCUT2D eigenvalue weighted by Gasteiger charge is -2.17. The second kappa shape index (κ2) is 6.70. The normalized spacial score (nSPS) is 24.2. The fourth-order valence-electron chi connectivity index (χ4n) is 3.25. The van der Waals surface area contributed by atoms with Crippen molar-refractivity contribution in [1.29, 1.82) is 0 Å². The summed E-state index contributed by atoms with van der Waals surface area (Å²) in [5.41, 5.74) is 8.23. The van der Waals surface area contributed by atoms with Gasteiger partial charge in [-0.1, -0.05) is 19.1 Å². The highest BCUT2D eigenvalue weighted by Gasteiger charge is 2.34. The Balaban J connectivity index is 1.67. The molecular formula is C16H21F3N4O. The van der Waals surface area contributed by atoms with Crippen molar-refractivity contribution in [3.05, 3.63) is 29.3 Å². The van der Waals surface area contributed by atoms with Crippen molar-refractivity contribution in [3.8, 4) is 0 Å². The van der Waals surface area contributed by atoms with Crippen LogP contribution in [0.2, 0.25) is 0 Å². The maximum absolute atomic E-state index is 12.6. The molecule has 0 spiro atoms. The lowest BCUT2D eigenvalue weighted by Crippen LogP contribution is -2.40. The molecule has 2 heterocycles. The third-order valence-corrected chi connectivity index (χ3v) is 4.50. The predicted octanol–water partition coefficient (Wildman–Crippen LogP) is 2.15. The standard InChI is InChI=1S/C16H21F3N4O/c1-2-11-6-14(22-21-11)15(24)20-13-5-3-4-10-7-23(8-12(10)13)9-16(17,18)19/h3-5,11,14,21-22H,2,6-9H2,1H3,(H,20,24). The minimum atomic E-state index is -4.22. The van der Waals surface area contributed by atoms with Gasteiger partial charge in [-0.2, -0.15) is 13.2 Å². The van der Waals surface area contributed by atoms with Gasteiger partial charge in [-0.25, -0.2) is 5.43 Å². The molecule has 2 aliphatic heterocycles. The molecule has 1 aromatic rings. The SMILES string of the molecule is CCC1CC(C(=O)Nc2cccc3c2CN(CC(F)(F)F)C3)NN1. The molecule has 8 heteroatoms. The summed E-state index contributed by atoms with van der Waals surface area (Å²) in [7, 11) is 0. The summed E-state index contributed by atoms with van der Waals surface area (Å²) in [6.07, 6.45) is -2.61. The predicted molar refractivity (Wildman–Crippen MR) is 84.0 cm³/mol. The Kier molecular flexibility index (Phi) is 4.80. The molecule has 0 saturated carbocycles. The fraction of sp³-hybridized carbons (Fsp3) is 0.562. The molecule has 1 saturated heterocycles. The lowest BCUT2D eigenvalue weighted by molar-refractivity contribution is -0.147. The van der Waals surface area contributed by atoms with Gasteiger partial charge in [0.15, 0.2) is 0 Å². The van der Waals surface area contributed by atoms with E-state index >= 15 is 0 Å². The summed E-state index contributed by atoms with van der Waals surface area (Å²) in [4.78, 5) is 13.7. The van der Waals surface area contributed by atoms with Crippen LogP contribution in [0.15, 0.2) is 18.2 Å². The van der Waals surface area contributed by atoms with Gasteiger partial charge in [0, 0.05) is 24.8 Å². The van der Waals surface area contributed by atoms with Gasteiger partial charge < -0.3 is 5.32 Å². The average Bonchev–Trinajstić information content (AvgIpc) is 3.11. The Morgan fingerprint density at radius 1 is 1.33 bits per heavy atom. The Labute approximate surface area is 138 Å². The quantitative estimate of drug-likeness (QED) is 0.785. The van der Waals surface area contributed by atoms with E-state index in [0.717, 1.165) is 17.5 Å². The molecule has 2 aliphatic rings. The van der Waals surface area contributed by atoms with E-state index in [2.05, 4.69) is 16.2 Å². The molecule has 24 heavy (non-hydrogen) atoms. The van der Waals surface area contributed by atoms with Gasteiger partial charge in [-0.3, -0.25) is 15.1 Å². The maximum atomic E-state index is 12.6. The number of alkyl halides is 3. The van der Waals surface area contributed by atoms with Crippen molar-refractivity contribution in [3.63, 3.8) is 0 Å². The second-order valence-electron chi connectivity index (χ2n) is 6.37. The van der Waals surface area contributed by atoms with E-state index in [4.69, 9.17) is 0 Å². The molecule has 1 amide bonds. The van der Waals surface area contributed by atoms with Crippen molar-refractivity contribution < 1.29 is 18.0 Å². The Hall–Kier alpha value is -1.64. The number of benzene rings is 1. The molecule has 0 radical (unpaired) electrons. The van der Waals surface area contributed by atoms with Crippen molar-refractivity contribution in [2.75, 3.05) is 11.9 Å². The molecule has 1 aromatic carbocycles. The van der Waals surface area contributed by atoms with Gasteiger partial charge in [-0.15, -0.1) is 0 Å². The van der Waals surface area contributed by atoms with Crippen LogP contribution in [-0.2, 0) is 17.9 Å². The van der Waals surface area contributed by atoms with Crippen LogP contribution in [0.3, 0.4) is 0 Å². The van der Waals surface area contributed by atoms with Crippen LogP contribution in [0, 0.1) is 0 Å². The first-order valence-electron chi connectivity index (χ1n) is 8.07. The number of nitrogens with zero attached hydrogens (tertiary/aromatic N) is 1. The first-order valence-corrected chi connectivity index (χ1v) is 8.07. The number of hydrogen-bond donors (Lipinski definition) is 3. The van der Waals surface area contributed by atoms with Gasteiger partial charge >= 0.3 is 6.18 Å². The third-order valence-electron chi connectivity index (χ3n) is 4.50. The summed E-state index contributed by atoms with van der Waals surface area (Å²) < 4.78 is 37.8. The molecule has 132 valence electrons. The molecular weight excluding hydrogens is 321 g/mol. The zero-order valence-electron chi connectivity index (χ0n) is 13.4.